The van der Waals surface area contributed by atoms with Crippen LogP contribution in [0.3, 0.4) is 0 Å². The Balaban J connectivity index is 1.46. The molecule has 1 atom stereocenters. The van der Waals surface area contributed by atoms with Crippen molar-refractivity contribution < 1.29 is 14.3 Å². The topological polar surface area (TPSA) is 88.5 Å². The number of carbonyl (C=O) groups is 2. The maximum atomic E-state index is 12.9. The molecule has 1 fully saturated rings. The molecule has 3 aromatic rings. The molecule has 1 aromatic carbocycles. The van der Waals surface area contributed by atoms with Crippen molar-refractivity contribution in [2.45, 2.75) is 52.7 Å². The van der Waals surface area contributed by atoms with Crippen molar-refractivity contribution >= 4 is 40.0 Å². The van der Waals surface area contributed by atoms with Crippen LogP contribution in [0.4, 0.5) is 16.8 Å². The van der Waals surface area contributed by atoms with Crippen LogP contribution < -0.4 is 9.80 Å². The van der Waals surface area contributed by atoms with Gasteiger partial charge in [-0.1, -0.05) is 12.1 Å². The summed E-state index contributed by atoms with van der Waals surface area (Å²) in [4.78, 5) is 42.0. The van der Waals surface area contributed by atoms with Crippen LogP contribution in [-0.4, -0.2) is 39.4 Å². The zero-order valence-corrected chi connectivity index (χ0v) is 19.8. The van der Waals surface area contributed by atoms with E-state index in [4.69, 9.17) is 4.74 Å². The summed E-state index contributed by atoms with van der Waals surface area (Å²) >= 11 is 1.35. The Morgan fingerprint density at radius 1 is 1.18 bits per heavy atom. The Kier molecular flexibility index (Phi) is 6.98. The number of esters is 1. The maximum absolute atomic E-state index is 12.9. The monoisotopic (exact) mass is 465 g/mol. The van der Waals surface area contributed by atoms with Crippen molar-refractivity contribution in [3.05, 3.63) is 58.9 Å². The van der Waals surface area contributed by atoms with Crippen LogP contribution >= 0.6 is 11.3 Å². The third kappa shape index (κ3) is 5.03. The lowest BCUT2D eigenvalue weighted by Crippen LogP contribution is -2.46. The Labute approximate surface area is 197 Å². The Hall–Kier alpha value is -3.33. The first-order valence-electron chi connectivity index (χ1n) is 11.0. The standard InChI is InChI=1S/C24H27N5O3S/c1-16-8-6-10-20(17(16)2)29(18(3)30)24-27-19(15-33-24)14-32-22(31)21-9-4-5-13-28(21)23-25-11-7-12-26-23/h6-8,10-12,15,21H,4-5,9,13-14H2,1-3H3. The molecule has 0 radical (unpaired) electrons. The fourth-order valence-corrected chi connectivity index (χ4v) is 4.81. The second-order valence-corrected chi connectivity index (χ2v) is 8.89. The predicted octanol–water partition coefficient (Wildman–Crippen LogP) is 4.34. The highest BCUT2D eigenvalue weighted by molar-refractivity contribution is 7.14. The molecule has 9 heteroatoms. The minimum Gasteiger partial charge on any atom is -0.458 e. The van der Waals surface area contributed by atoms with E-state index in [0.29, 0.717) is 29.7 Å². The largest absolute Gasteiger partial charge is 0.458 e. The fraction of sp³-hybridized carbons (Fsp3) is 0.375. The lowest BCUT2D eigenvalue weighted by molar-refractivity contribution is -0.147. The number of rotatable bonds is 6. The van der Waals surface area contributed by atoms with Crippen molar-refractivity contribution in [3.63, 3.8) is 0 Å². The normalized spacial score (nSPS) is 15.8. The van der Waals surface area contributed by atoms with E-state index in [1.165, 1.54) is 18.3 Å². The van der Waals surface area contributed by atoms with Crippen LogP contribution in [0, 0.1) is 13.8 Å². The first-order chi connectivity index (χ1) is 16.0. The van der Waals surface area contributed by atoms with E-state index in [9.17, 15) is 9.59 Å². The Bertz CT molecular complexity index is 1130. The van der Waals surface area contributed by atoms with E-state index < -0.39 is 6.04 Å². The summed E-state index contributed by atoms with van der Waals surface area (Å²) in [7, 11) is 0. The summed E-state index contributed by atoms with van der Waals surface area (Å²) in [5.74, 6) is 0.109. The van der Waals surface area contributed by atoms with Crippen LogP contribution in [0.15, 0.2) is 42.0 Å². The van der Waals surface area contributed by atoms with E-state index >= 15 is 0 Å². The summed E-state index contributed by atoms with van der Waals surface area (Å²) in [5, 5.41) is 2.38. The summed E-state index contributed by atoms with van der Waals surface area (Å²) in [6.07, 6.45) is 5.98. The first-order valence-corrected chi connectivity index (χ1v) is 11.9. The van der Waals surface area contributed by atoms with Gasteiger partial charge in [-0.15, -0.1) is 11.3 Å². The van der Waals surface area contributed by atoms with Gasteiger partial charge in [-0.05, 0) is 56.4 Å². The molecule has 2 aromatic heterocycles. The Morgan fingerprint density at radius 2 is 1.97 bits per heavy atom. The lowest BCUT2D eigenvalue weighted by Gasteiger charge is -2.33. The highest BCUT2D eigenvalue weighted by Gasteiger charge is 2.32. The number of piperidine rings is 1. The number of aryl methyl sites for hydroxylation is 1. The molecule has 1 amide bonds. The van der Waals surface area contributed by atoms with Gasteiger partial charge in [0, 0.05) is 31.2 Å². The third-order valence-electron chi connectivity index (χ3n) is 5.81. The van der Waals surface area contributed by atoms with Gasteiger partial charge in [-0.3, -0.25) is 9.69 Å². The predicted molar refractivity (Wildman–Crippen MR) is 128 cm³/mol. The summed E-state index contributed by atoms with van der Waals surface area (Å²) < 4.78 is 5.63. The molecule has 3 heterocycles. The molecular weight excluding hydrogens is 438 g/mol. The van der Waals surface area contributed by atoms with E-state index in [0.717, 1.165) is 29.7 Å². The van der Waals surface area contributed by atoms with Crippen molar-refractivity contribution in [2.24, 2.45) is 0 Å². The first kappa shape index (κ1) is 22.8. The fourth-order valence-electron chi connectivity index (χ4n) is 3.95. The number of hydrogen-bond acceptors (Lipinski definition) is 8. The average Bonchev–Trinajstić information content (AvgIpc) is 3.29. The van der Waals surface area contributed by atoms with Crippen molar-refractivity contribution in [1.82, 2.24) is 15.0 Å². The Morgan fingerprint density at radius 3 is 2.73 bits per heavy atom. The van der Waals surface area contributed by atoms with Gasteiger partial charge in [0.2, 0.25) is 11.9 Å². The second kappa shape index (κ2) is 10.1. The zero-order chi connectivity index (χ0) is 23.4. The highest BCUT2D eigenvalue weighted by atomic mass is 32.1. The molecule has 4 rings (SSSR count). The van der Waals surface area contributed by atoms with Crippen molar-refractivity contribution in [2.75, 3.05) is 16.3 Å². The van der Waals surface area contributed by atoms with Crippen LogP contribution in [-0.2, 0) is 20.9 Å². The molecule has 1 aliphatic rings. The van der Waals surface area contributed by atoms with E-state index in [-0.39, 0.29) is 18.5 Å². The number of anilines is 3. The molecule has 1 unspecified atom stereocenters. The minimum atomic E-state index is -0.414. The van der Waals surface area contributed by atoms with Gasteiger partial charge >= 0.3 is 5.97 Å². The molecule has 0 aliphatic carbocycles. The third-order valence-corrected chi connectivity index (χ3v) is 6.68. The molecular formula is C24H27N5O3S. The van der Waals surface area contributed by atoms with Crippen molar-refractivity contribution in [3.8, 4) is 0 Å². The molecule has 33 heavy (non-hydrogen) atoms. The molecule has 0 bridgehead atoms. The van der Waals surface area contributed by atoms with Gasteiger partial charge < -0.3 is 9.64 Å². The van der Waals surface area contributed by atoms with Gasteiger partial charge in [0.05, 0.1) is 11.4 Å². The smallest absolute Gasteiger partial charge is 0.329 e. The van der Waals surface area contributed by atoms with Crippen LogP contribution in [0.25, 0.3) is 0 Å². The number of hydrogen-bond donors (Lipinski definition) is 0. The molecule has 0 spiro atoms. The molecule has 0 saturated carbocycles. The van der Waals surface area contributed by atoms with Crippen molar-refractivity contribution in [1.29, 1.82) is 0 Å². The van der Waals surface area contributed by atoms with Gasteiger partial charge in [0.25, 0.3) is 0 Å². The van der Waals surface area contributed by atoms with Crippen LogP contribution in [0.5, 0.6) is 0 Å². The van der Waals surface area contributed by atoms with Gasteiger partial charge in [0.1, 0.15) is 12.6 Å². The number of carbonyl (C=O) groups excluding carboxylic acids is 2. The van der Waals surface area contributed by atoms with Gasteiger partial charge in [-0.25, -0.2) is 19.7 Å². The number of amides is 1. The molecule has 0 N–H and O–H groups in total. The highest BCUT2D eigenvalue weighted by Crippen LogP contribution is 2.32. The van der Waals surface area contributed by atoms with E-state index in [1.807, 2.05) is 42.3 Å². The van der Waals surface area contributed by atoms with Crippen LogP contribution in [0.1, 0.15) is 43.0 Å². The quantitative estimate of drug-likeness (QED) is 0.501. The second-order valence-electron chi connectivity index (χ2n) is 8.06. The van der Waals surface area contributed by atoms with E-state index in [2.05, 4.69) is 15.0 Å². The molecule has 1 saturated heterocycles. The molecule has 8 nitrogen and oxygen atoms in total. The summed E-state index contributed by atoms with van der Waals surface area (Å²) in [6.45, 7) is 6.29. The number of aromatic nitrogens is 3. The number of thiazole rings is 1. The summed E-state index contributed by atoms with van der Waals surface area (Å²) in [5.41, 5.74) is 3.54. The SMILES string of the molecule is CC(=O)N(c1nc(COC(=O)C2CCCCN2c2ncccn2)cs1)c1cccc(C)c1C. The maximum Gasteiger partial charge on any atom is 0.329 e. The molecule has 1 aliphatic heterocycles. The van der Waals surface area contributed by atoms with Crippen LogP contribution in [0.2, 0.25) is 0 Å². The number of ether oxygens (including phenoxy) is 1. The van der Waals surface area contributed by atoms with Gasteiger partial charge in [0.15, 0.2) is 5.13 Å². The van der Waals surface area contributed by atoms with E-state index in [1.54, 1.807) is 23.4 Å². The lowest BCUT2D eigenvalue weighted by atomic mass is 10.0. The number of benzene rings is 1. The summed E-state index contributed by atoms with van der Waals surface area (Å²) in [6, 6.07) is 7.19. The number of nitrogens with zero attached hydrogens (tertiary/aromatic N) is 5. The minimum absolute atomic E-state index is 0.0495. The zero-order valence-electron chi connectivity index (χ0n) is 19.0. The molecule has 172 valence electrons. The van der Waals surface area contributed by atoms with Gasteiger partial charge in [-0.2, -0.15) is 0 Å². The average molecular weight is 466 g/mol.